The maximum absolute atomic E-state index is 10.8. The molecule has 17 heavy (non-hydrogen) atoms. The van der Waals surface area contributed by atoms with Crippen molar-refractivity contribution in [3.05, 3.63) is 17.8 Å². The van der Waals surface area contributed by atoms with Gasteiger partial charge >= 0.3 is 5.97 Å². The highest BCUT2D eigenvalue weighted by Crippen LogP contribution is 2.16. The van der Waals surface area contributed by atoms with Gasteiger partial charge in [-0.15, -0.1) is 0 Å². The molecule has 1 heterocycles. The number of nitrogens with zero attached hydrogens (tertiary/aromatic N) is 1. The van der Waals surface area contributed by atoms with Crippen LogP contribution in [0.3, 0.4) is 0 Å². The molecule has 0 saturated carbocycles. The summed E-state index contributed by atoms with van der Waals surface area (Å²) in [5.41, 5.74) is 6.19. The second kappa shape index (κ2) is 6.34. The number of carboxylic acids is 1. The number of thioether (sulfide) groups is 1. The number of aromatic nitrogens is 1. The standard InChI is InChI=1S/C11H17N3O2S/c1-7(6-17-2)5-13-10-8(12)3-4-9(14-10)11(15)16/h3-4,7H,5-6,12H2,1-2H3,(H,13,14)(H,15,16). The number of rotatable bonds is 6. The predicted octanol–water partition coefficient (Wildman–Crippen LogP) is 1.77. The van der Waals surface area contributed by atoms with Crippen molar-refractivity contribution in [2.24, 2.45) is 5.92 Å². The van der Waals surface area contributed by atoms with Gasteiger partial charge in [0.1, 0.15) is 5.82 Å². The topological polar surface area (TPSA) is 88.2 Å². The summed E-state index contributed by atoms with van der Waals surface area (Å²) in [6, 6.07) is 2.95. The fourth-order valence-corrected chi connectivity index (χ4v) is 2.03. The van der Waals surface area contributed by atoms with Crippen molar-refractivity contribution in [1.29, 1.82) is 0 Å². The van der Waals surface area contributed by atoms with Crippen molar-refractivity contribution in [3.63, 3.8) is 0 Å². The smallest absolute Gasteiger partial charge is 0.354 e. The molecule has 94 valence electrons. The zero-order valence-electron chi connectivity index (χ0n) is 9.93. The van der Waals surface area contributed by atoms with Crippen LogP contribution in [0, 0.1) is 5.92 Å². The second-order valence-electron chi connectivity index (χ2n) is 3.88. The Morgan fingerprint density at radius 1 is 1.65 bits per heavy atom. The number of hydrogen-bond acceptors (Lipinski definition) is 5. The number of nitrogens with one attached hydrogen (secondary N) is 1. The Morgan fingerprint density at radius 2 is 2.35 bits per heavy atom. The van der Waals surface area contributed by atoms with Crippen molar-refractivity contribution < 1.29 is 9.90 Å². The van der Waals surface area contributed by atoms with Crippen LogP contribution < -0.4 is 11.1 Å². The molecule has 0 spiro atoms. The molecule has 0 aliphatic heterocycles. The van der Waals surface area contributed by atoms with Gasteiger partial charge in [0, 0.05) is 6.54 Å². The van der Waals surface area contributed by atoms with Crippen LogP contribution in [0.2, 0.25) is 0 Å². The summed E-state index contributed by atoms with van der Waals surface area (Å²) in [6.07, 6.45) is 2.05. The molecule has 0 aliphatic rings. The summed E-state index contributed by atoms with van der Waals surface area (Å²) in [5, 5.41) is 11.9. The van der Waals surface area contributed by atoms with Crippen molar-refractivity contribution in [1.82, 2.24) is 4.98 Å². The van der Waals surface area contributed by atoms with Crippen LogP contribution in [0.5, 0.6) is 0 Å². The quantitative estimate of drug-likeness (QED) is 0.718. The SMILES string of the molecule is CSCC(C)CNc1nc(C(=O)O)ccc1N. The molecular formula is C11H17N3O2S. The number of nitrogen functional groups attached to an aromatic ring is 1. The van der Waals surface area contributed by atoms with Crippen LogP contribution in [0.15, 0.2) is 12.1 Å². The minimum absolute atomic E-state index is 0.000723. The number of nitrogens with two attached hydrogens (primary N) is 1. The highest BCUT2D eigenvalue weighted by molar-refractivity contribution is 7.98. The molecule has 1 atom stereocenters. The zero-order chi connectivity index (χ0) is 12.8. The van der Waals surface area contributed by atoms with Gasteiger partial charge in [-0.1, -0.05) is 6.92 Å². The third-order valence-corrected chi connectivity index (χ3v) is 3.12. The van der Waals surface area contributed by atoms with Crippen LogP contribution in [0.25, 0.3) is 0 Å². The van der Waals surface area contributed by atoms with Gasteiger partial charge in [0.2, 0.25) is 0 Å². The van der Waals surface area contributed by atoms with Gasteiger partial charge in [0.05, 0.1) is 5.69 Å². The van der Waals surface area contributed by atoms with Gasteiger partial charge in [-0.3, -0.25) is 0 Å². The lowest BCUT2D eigenvalue weighted by Gasteiger charge is -2.13. The van der Waals surface area contributed by atoms with Gasteiger partial charge in [0.15, 0.2) is 5.69 Å². The monoisotopic (exact) mass is 255 g/mol. The van der Waals surface area contributed by atoms with E-state index in [9.17, 15) is 4.79 Å². The maximum Gasteiger partial charge on any atom is 0.354 e. The number of aromatic carboxylic acids is 1. The van der Waals surface area contributed by atoms with E-state index in [1.165, 1.54) is 6.07 Å². The molecule has 5 nitrogen and oxygen atoms in total. The Bertz CT molecular complexity index is 398. The van der Waals surface area contributed by atoms with E-state index in [0.29, 0.717) is 17.4 Å². The lowest BCUT2D eigenvalue weighted by Crippen LogP contribution is -2.16. The summed E-state index contributed by atoms with van der Waals surface area (Å²) in [5.74, 6) is 0.897. The highest BCUT2D eigenvalue weighted by Gasteiger charge is 2.09. The molecule has 4 N–H and O–H groups in total. The first kappa shape index (κ1) is 13.6. The molecule has 0 amide bonds. The van der Waals surface area contributed by atoms with Crippen LogP contribution in [0.4, 0.5) is 11.5 Å². The fraction of sp³-hybridized carbons (Fsp3) is 0.455. The van der Waals surface area contributed by atoms with Crippen molar-refractivity contribution in [3.8, 4) is 0 Å². The number of hydrogen-bond donors (Lipinski definition) is 3. The summed E-state index contributed by atoms with van der Waals surface area (Å²) in [4.78, 5) is 14.7. The first-order valence-electron chi connectivity index (χ1n) is 5.27. The van der Waals surface area contributed by atoms with Gasteiger partial charge in [-0.05, 0) is 30.1 Å². The van der Waals surface area contributed by atoms with Crippen LogP contribution >= 0.6 is 11.8 Å². The van der Waals surface area contributed by atoms with Crippen molar-refractivity contribution in [2.75, 3.05) is 29.6 Å². The Morgan fingerprint density at radius 3 is 2.94 bits per heavy atom. The largest absolute Gasteiger partial charge is 0.477 e. The molecule has 0 aromatic carbocycles. The van der Waals surface area contributed by atoms with E-state index in [4.69, 9.17) is 10.8 Å². The molecule has 0 radical (unpaired) electrons. The third-order valence-electron chi connectivity index (χ3n) is 2.21. The van der Waals surface area contributed by atoms with E-state index in [1.54, 1.807) is 17.8 Å². The molecule has 1 rings (SSSR count). The molecular weight excluding hydrogens is 238 g/mol. The Labute approximate surface area is 105 Å². The van der Waals surface area contributed by atoms with E-state index in [2.05, 4.69) is 17.2 Å². The first-order chi connectivity index (χ1) is 8.04. The molecule has 6 heteroatoms. The lowest BCUT2D eigenvalue weighted by molar-refractivity contribution is 0.0690. The first-order valence-corrected chi connectivity index (χ1v) is 6.66. The maximum atomic E-state index is 10.8. The van der Waals surface area contributed by atoms with Gasteiger partial charge in [0.25, 0.3) is 0 Å². The molecule has 0 bridgehead atoms. The van der Waals surface area contributed by atoms with Crippen molar-refractivity contribution in [2.45, 2.75) is 6.92 Å². The number of pyridine rings is 1. The molecule has 1 aromatic rings. The lowest BCUT2D eigenvalue weighted by atomic mass is 10.2. The summed E-state index contributed by atoms with van der Waals surface area (Å²) >= 11 is 1.77. The van der Waals surface area contributed by atoms with E-state index < -0.39 is 5.97 Å². The van der Waals surface area contributed by atoms with Crippen LogP contribution in [-0.2, 0) is 0 Å². The number of carboxylic acid groups (broad SMARTS) is 1. The minimum Gasteiger partial charge on any atom is -0.477 e. The zero-order valence-corrected chi connectivity index (χ0v) is 10.8. The van der Waals surface area contributed by atoms with Crippen LogP contribution in [-0.4, -0.2) is 34.6 Å². The Hall–Kier alpha value is -1.43. The van der Waals surface area contributed by atoms with Crippen LogP contribution in [0.1, 0.15) is 17.4 Å². The van der Waals surface area contributed by atoms with E-state index >= 15 is 0 Å². The van der Waals surface area contributed by atoms with Gasteiger partial charge in [-0.25, -0.2) is 9.78 Å². The molecule has 0 saturated heterocycles. The summed E-state index contributed by atoms with van der Waals surface area (Å²) in [6.45, 7) is 2.84. The molecule has 1 aromatic heterocycles. The van der Waals surface area contributed by atoms with Gasteiger partial charge in [-0.2, -0.15) is 11.8 Å². The van der Waals surface area contributed by atoms with Crippen molar-refractivity contribution >= 4 is 29.2 Å². The Kier molecular flexibility index (Phi) is 5.09. The number of anilines is 2. The average Bonchev–Trinajstić information content (AvgIpc) is 2.28. The molecule has 0 aliphatic carbocycles. The van der Waals surface area contributed by atoms with E-state index in [-0.39, 0.29) is 5.69 Å². The normalized spacial score (nSPS) is 12.1. The van der Waals surface area contributed by atoms with E-state index in [1.807, 2.05) is 6.26 Å². The summed E-state index contributed by atoms with van der Waals surface area (Å²) in [7, 11) is 0. The second-order valence-corrected chi connectivity index (χ2v) is 4.79. The molecule has 0 fully saturated rings. The molecule has 1 unspecified atom stereocenters. The minimum atomic E-state index is -1.05. The average molecular weight is 255 g/mol. The Balaban J connectivity index is 2.69. The van der Waals surface area contributed by atoms with Gasteiger partial charge < -0.3 is 16.2 Å². The predicted molar refractivity (Wildman–Crippen MR) is 71.6 cm³/mol. The number of carbonyl (C=O) groups is 1. The highest BCUT2D eigenvalue weighted by atomic mass is 32.2. The fourth-order valence-electron chi connectivity index (χ4n) is 1.34. The summed E-state index contributed by atoms with van der Waals surface area (Å²) < 4.78 is 0. The third kappa shape index (κ3) is 4.14. The van der Waals surface area contributed by atoms with E-state index in [0.717, 1.165) is 12.3 Å².